The number of nitrogens with one attached hydrogen (secondary N) is 1. The minimum atomic E-state index is 0.660. The van der Waals surface area contributed by atoms with Crippen LogP contribution in [-0.2, 0) is 6.42 Å². The first kappa shape index (κ1) is 13.3. The average Bonchev–Trinajstić information content (AvgIpc) is 2.35. The van der Waals surface area contributed by atoms with Gasteiger partial charge in [0.1, 0.15) is 0 Å². The summed E-state index contributed by atoms with van der Waals surface area (Å²) in [6.45, 7) is 0.908. The molecule has 2 rings (SSSR count). The molecule has 0 heterocycles. The van der Waals surface area contributed by atoms with Crippen LogP contribution >= 0.6 is 23.2 Å². The van der Waals surface area contributed by atoms with Gasteiger partial charge in [0.15, 0.2) is 0 Å². The van der Waals surface area contributed by atoms with Crippen LogP contribution in [0.3, 0.4) is 0 Å². The van der Waals surface area contributed by atoms with Crippen LogP contribution in [0.25, 0.3) is 0 Å². The van der Waals surface area contributed by atoms with Crippen LogP contribution in [0.4, 0.5) is 5.69 Å². The maximum absolute atomic E-state index is 5.93. The molecule has 1 N–H and O–H groups in total. The van der Waals surface area contributed by atoms with Gasteiger partial charge in [-0.3, -0.25) is 0 Å². The highest BCUT2D eigenvalue weighted by Gasteiger charge is 1.98. The molecule has 3 heteroatoms. The van der Waals surface area contributed by atoms with E-state index < -0.39 is 0 Å². The van der Waals surface area contributed by atoms with Crippen LogP contribution in [0.15, 0.2) is 48.5 Å². The van der Waals surface area contributed by atoms with Crippen molar-refractivity contribution in [1.29, 1.82) is 0 Å². The molecule has 2 aromatic rings. The van der Waals surface area contributed by atoms with Gasteiger partial charge in [-0.1, -0.05) is 53.5 Å². The van der Waals surface area contributed by atoms with Crippen LogP contribution in [0.2, 0.25) is 10.0 Å². The Bertz CT molecular complexity index is 477. The molecular formula is C15H15Cl2N. The van der Waals surface area contributed by atoms with Crippen molar-refractivity contribution in [1.82, 2.24) is 0 Å². The second-order valence-corrected chi connectivity index (χ2v) is 5.05. The van der Waals surface area contributed by atoms with Crippen molar-refractivity contribution in [2.24, 2.45) is 0 Å². The summed E-state index contributed by atoms with van der Waals surface area (Å²) in [5.41, 5.74) is 2.34. The van der Waals surface area contributed by atoms with Crippen LogP contribution in [0, 0.1) is 0 Å². The fourth-order valence-electron chi connectivity index (χ4n) is 1.83. The van der Waals surface area contributed by atoms with Crippen molar-refractivity contribution in [3.8, 4) is 0 Å². The first-order valence-corrected chi connectivity index (χ1v) is 6.73. The summed E-state index contributed by atoms with van der Waals surface area (Å²) in [5, 5.41) is 4.65. The van der Waals surface area contributed by atoms with E-state index >= 15 is 0 Å². The largest absolute Gasteiger partial charge is 0.385 e. The molecule has 0 aromatic heterocycles. The van der Waals surface area contributed by atoms with Crippen LogP contribution < -0.4 is 5.32 Å². The highest BCUT2D eigenvalue weighted by atomic mass is 35.5. The molecule has 0 unspecified atom stereocenters. The predicted molar refractivity (Wildman–Crippen MR) is 79.7 cm³/mol. The van der Waals surface area contributed by atoms with E-state index in [2.05, 4.69) is 29.6 Å². The van der Waals surface area contributed by atoms with E-state index in [9.17, 15) is 0 Å². The van der Waals surface area contributed by atoms with Crippen molar-refractivity contribution in [3.05, 3.63) is 64.1 Å². The van der Waals surface area contributed by atoms with Crippen LogP contribution in [-0.4, -0.2) is 6.54 Å². The molecule has 1 nitrogen and oxygen atoms in total. The lowest BCUT2D eigenvalue weighted by molar-refractivity contribution is 0.863. The minimum Gasteiger partial charge on any atom is -0.385 e. The topological polar surface area (TPSA) is 12.0 Å². The quantitative estimate of drug-likeness (QED) is 0.757. The first-order chi connectivity index (χ1) is 8.74. The Hall–Kier alpha value is -1.18. The third-order valence-electron chi connectivity index (χ3n) is 2.68. The molecule has 0 fully saturated rings. The van der Waals surface area contributed by atoms with E-state index in [1.54, 1.807) is 6.07 Å². The Morgan fingerprint density at radius 1 is 0.889 bits per heavy atom. The van der Waals surface area contributed by atoms with E-state index in [0.717, 1.165) is 25.1 Å². The number of hydrogen-bond acceptors (Lipinski definition) is 1. The van der Waals surface area contributed by atoms with Crippen molar-refractivity contribution in [2.45, 2.75) is 12.8 Å². The highest BCUT2D eigenvalue weighted by Crippen LogP contribution is 2.22. The molecular weight excluding hydrogens is 265 g/mol. The maximum Gasteiger partial charge on any atom is 0.0441 e. The third kappa shape index (κ3) is 4.25. The number of rotatable bonds is 5. The molecule has 0 aliphatic heterocycles. The van der Waals surface area contributed by atoms with Crippen LogP contribution in [0.5, 0.6) is 0 Å². The van der Waals surface area contributed by atoms with Gasteiger partial charge in [-0.2, -0.15) is 0 Å². The molecule has 94 valence electrons. The number of hydrogen-bond donors (Lipinski definition) is 1. The summed E-state index contributed by atoms with van der Waals surface area (Å²) in [5.74, 6) is 0. The lowest BCUT2D eigenvalue weighted by atomic mass is 10.1. The van der Waals surface area contributed by atoms with E-state index in [-0.39, 0.29) is 0 Å². The van der Waals surface area contributed by atoms with Gasteiger partial charge >= 0.3 is 0 Å². The van der Waals surface area contributed by atoms with Crippen molar-refractivity contribution >= 4 is 28.9 Å². The molecule has 18 heavy (non-hydrogen) atoms. The standard InChI is InChI=1S/C15H15Cl2N/c16-13-9-14(17)11-15(10-13)18-8-4-7-12-5-2-1-3-6-12/h1-3,5-6,9-11,18H,4,7-8H2. The van der Waals surface area contributed by atoms with Gasteiger partial charge in [-0.05, 0) is 36.6 Å². The molecule has 0 saturated carbocycles. The average molecular weight is 280 g/mol. The smallest absolute Gasteiger partial charge is 0.0441 e. The van der Waals surface area contributed by atoms with Gasteiger partial charge < -0.3 is 5.32 Å². The predicted octanol–water partition coefficient (Wildman–Crippen LogP) is 5.04. The van der Waals surface area contributed by atoms with E-state index in [0.29, 0.717) is 10.0 Å². The normalized spacial score (nSPS) is 10.3. The number of anilines is 1. The summed E-state index contributed by atoms with van der Waals surface area (Å²) in [7, 11) is 0. The number of aryl methyl sites for hydroxylation is 1. The maximum atomic E-state index is 5.93. The minimum absolute atomic E-state index is 0.660. The van der Waals surface area contributed by atoms with Crippen LogP contribution in [0.1, 0.15) is 12.0 Å². The first-order valence-electron chi connectivity index (χ1n) is 5.98. The Balaban J connectivity index is 1.78. The Kier molecular flexibility index (Phi) is 4.91. The third-order valence-corrected chi connectivity index (χ3v) is 3.11. The van der Waals surface area contributed by atoms with E-state index in [4.69, 9.17) is 23.2 Å². The lowest BCUT2D eigenvalue weighted by Gasteiger charge is -2.07. The van der Waals surface area contributed by atoms with Crippen molar-refractivity contribution in [3.63, 3.8) is 0 Å². The number of benzene rings is 2. The molecule has 0 radical (unpaired) electrons. The Morgan fingerprint density at radius 3 is 2.22 bits per heavy atom. The van der Waals surface area contributed by atoms with Gasteiger partial charge in [0, 0.05) is 22.3 Å². The highest BCUT2D eigenvalue weighted by molar-refractivity contribution is 6.35. The molecule has 0 aliphatic carbocycles. The summed E-state index contributed by atoms with van der Waals surface area (Å²) >= 11 is 11.9. The molecule has 0 spiro atoms. The van der Waals surface area contributed by atoms with Crippen molar-refractivity contribution in [2.75, 3.05) is 11.9 Å². The van der Waals surface area contributed by atoms with Gasteiger partial charge in [-0.25, -0.2) is 0 Å². The van der Waals surface area contributed by atoms with Gasteiger partial charge in [0.25, 0.3) is 0 Å². The summed E-state index contributed by atoms with van der Waals surface area (Å²) in [6.07, 6.45) is 2.15. The fourth-order valence-corrected chi connectivity index (χ4v) is 2.35. The number of halogens is 2. The fraction of sp³-hybridized carbons (Fsp3) is 0.200. The van der Waals surface area contributed by atoms with Crippen molar-refractivity contribution < 1.29 is 0 Å². The molecule has 0 saturated heterocycles. The second-order valence-electron chi connectivity index (χ2n) is 4.17. The molecule has 0 amide bonds. The molecule has 0 bridgehead atoms. The molecule has 2 aromatic carbocycles. The summed E-state index contributed by atoms with van der Waals surface area (Å²) in [6, 6.07) is 16.0. The van der Waals surface area contributed by atoms with Gasteiger partial charge in [0.2, 0.25) is 0 Å². The zero-order valence-electron chi connectivity index (χ0n) is 10.00. The molecule has 0 aliphatic rings. The summed E-state index contributed by atoms with van der Waals surface area (Å²) < 4.78 is 0. The van der Waals surface area contributed by atoms with E-state index in [1.165, 1.54) is 5.56 Å². The monoisotopic (exact) mass is 279 g/mol. The van der Waals surface area contributed by atoms with E-state index in [1.807, 2.05) is 18.2 Å². The molecule has 0 atom stereocenters. The van der Waals surface area contributed by atoms with Gasteiger partial charge in [0.05, 0.1) is 0 Å². The Labute approximate surface area is 118 Å². The van der Waals surface area contributed by atoms with Gasteiger partial charge in [-0.15, -0.1) is 0 Å². The second kappa shape index (κ2) is 6.67. The zero-order chi connectivity index (χ0) is 12.8. The lowest BCUT2D eigenvalue weighted by Crippen LogP contribution is -2.02. The zero-order valence-corrected chi connectivity index (χ0v) is 11.5. The summed E-state index contributed by atoms with van der Waals surface area (Å²) in [4.78, 5) is 0. The SMILES string of the molecule is Clc1cc(Cl)cc(NCCCc2ccccc2)c1. The Morgan fingerprint density at radius 2 is 1.56 bits per heavy atom.